The summed E-state index contributed by atoms with van der Waals surface area (Å²) in [6.45, 7) is 8.09. The van der Waals surface area contributed by atoms with E-state index in [-0.39, 0.29) is 11.8 Å². The highest BCUT2D eigenvalue weighted by molar-refractivity contribution is 7.99. The maximum atomic E-state index is 12.2. The number of aryl methyl sites for hydroxylation is 4. The van der Waals surface area contributed by atoms with E-state index in [4.69, 9.17) is 0 Å². The summed E-state index contributed by atoms with van der Waals surface area (Å²) in [5.41, 5.74) is 6.22. The zero-order valence-corrected chi connectivity index (χ0v) is 18.0. The summed E-state index contributed by atoms with van der Waals surface area (Å²) in [6, 6.07) is 12.1. The Morgan fingerprint density at radius 1 is 0.857 bits per heavy atom. The van der Waals surface area contributed by atoms with E-state index in [0.29, 0.717) is 12.2 Å². The second-order valence-electron chi connectivity index (χ2n) is 6.98. The second kappa shape index (κ2) is 10.9. The van der Waals surface area contributed by atoms with Crippen molar-refractivity contribution in [3.8, 4) is 0 Å². The maximum absolute atomic E-state index is 12.2. The average molecular weight is 399 g/mol. The fourth-order valence-electron chi connectivity index (χ4n) is 3.09. The molecule has 2 aromatic carbocycles. The summed E-state index contributed by atoms with van der Waals surface area (Å²) in [4.78, 5) is 24.4. The van der Waals surface area contributed by atoms with E-state index in [2.05, 4.69) is 17.6 Å². The predicted octanol–water partition coefficient (Wildman–Crippen LogP) is 5.26. The average Bonchev–Trinajstić information content (AvgIpc) is 2.66. The molecule has 0 spiro atoms. The third-order valence-corrected chi connectivity index (χ3v) is 5.72. The van der Waals surface area contributed by atoms with Crippen molar-refractivity contribution in [2.75, 3.05) is 22.1 Å². The van der Waals surface area contributed by atoms with E-state index in [1.807, 2.05) is 57.2 Å². The first kappa shape index (κ1) is 22.0. The minimum Gasteiger partial charge on any atom is -0.326 e. The summed E-state index contributed by atoms with van der Waals surface area (Å²) in [6.07, 6.45) is 2.10. The van der Waals surface area contributed by atoms with Crippen LogP contribution in [-0.2, 0) is 16.0 Å². The molecule has 2 amide bonds. The minimum absolute atomic E-state index is 0.00832. The molecule has 0 heterocycles. The Balaban J connectivity index is 1.70. The molecule has 0 aromatic heterocycles. The predicted molar refractivity (Wildman–Crippen MR) is 120 cm³/mol. The van der Waals surface area contributed by atoms with Gasteiger partial charge in [0.2, 0.25) is 11.8 Å². The largest absolute Gasteiger partial charge is 0.326 e. The van der Waals surface area contributed by atoms with E-state index in [1.54, 1.807) is 11.8 Å². The first-order valence-electron chi connectivity index (χ1n) is 9.74. The highest BCUT2D eigenvalue weighted by atomic mass is 32.2. The van der Waals surface area contributed by atoms with Gasteiger partial charge in [0.15, 0.2) is 0 Å². The number of hydrogen-bond donors (Lipinski definition) is 2. The number of nitrogens with one attached hydrogen (secondary N) is 2. The van der Waals surface area contributed by atoms with Crippen LogP contribution in [0.25, 0.3) is 0 Å². The van der Waals surface area contributed by atoms with E-state index >= 15 is 0 Å². The lowest BCUT2D eigenvalue weighted by Gasteiger charge is -2.13. The van der Waals surface area contributed by atoms with Crippen LogP contribution < -0.4 is 10.6 Å². The summed E-state index contributed by atoms with van der Waals surface area (Å²) < 4.78 is 0. The Morgan fingerprint density at radius 3 is 2.07 bits per heavy atom. The van der Waals surface area contributed by atoms with Gasteiger partial charge in [-0.1, -0.05) is 43.3 Å². The molecule has 0 atom stereocenters. The topological polar surface area (TPSA) is 58.2 Å². The molecule has 0 aliphatic carbocycles. The molecule has 0 aliphatic rings. The second-order valence-corrected chi connectivity index (χ2v) is 8.09. The fourth-order valence-corrected chi connectivity index (χ4v) is 3.84. The van der Waals surface area contributed by atoms with Crippen molar-refractivity contribution < 1.29 is 9.59 Å². The maximum Gasteiger partial charge on any atom is 0.234 e. The number of carbonyl (C=O) groups excluding carboxylic acids is 2. The molecule has 5 heteroatoms. The molecule has 0 saturated carbocycles. The third-order valence-electron chi connectivity index (χ3n) is 4.68. The van der Waals surface area contributed by atoms with Crippen molar-refractivity contribution in [1.29, 1.82) is 0 Å². The van der Waals surface area contributed by atoms with Crippen molar-refractivity contribution in [2.24, 2.45) is 0 Å². The Kier molecular flexibility index (Phi) is 8.58. The van der Waals surface area contributed by atoms with Crippen LogP contribution in [0.2, 0.25) is 0 Å². The van der Waals surface area contributed by atoms with Crippen LogP contribution in [0.1, 0.15) is 42.0 Å². The molecule has 0 fully saturated rings. The summed E-state index contributed by atoms with van der Waals surface area (Å²) in [5, 5.41) is 6.04. The smallest absolute Gasteiger partial charge is 0.234 e. The van der Waals surface area contributed by atoms with Crippen LogP contribution >= 0.6 is 11.8 Å². The van der Waals surface area contributed by atoms with Gasteiger partial charge < -0.3 is 10.6 Å². The number of benzene rings is 2. The number of thioether (sulfide) groups is 1. The monoisotopic (exact) mass is 398 g/mol. The summed E-state index contributed by atoms with van der Waals surface area (Å²) in [7, 11) is 0. The zero-order valence-electron chi connectivity index (χ0n) is 17.2. The van der Waals surface area contributed by atoms with Gasteiger partial charge in [-0.15, -0.1) is 0 Å². The van der Waals surface area contributed by atoms with Gasteiger partial charge in [0.1, 0.15) is 0 Å². The van der Waals surface area contributed by atoms with Gasteiger partial charge in [-0.3, -0.25) is 9.59 Å². The van der Waals surface area contributed by atoms with Crippen LogP contribution in [0.15, 0.2) is 36.4 Å². The first-order valence-corrected chi connectivity index (χ1v) is 10.9. The van der Waals surface area contributed by atoms with E-state index in [9.17, 15) is 9.59 Å². The van der Waals surface area contributed by atoms with Gasteiger partial charge in [0.25, 0.3) is 0 Å². The normalized spacial score (nSPS) is 10.6. The van der Waals surface area contributed by atoms with Gasteiger partial charge in [0.05, 0.1) is 5.75 Å². The lowest BCUT2D eigenvalue weighted by atomic mass is 10.1. The van der Waals surface area contributed by atoms with Crippen molar-refractivity contribution in [2.45, 2.75) is 47.0 Å². The van der Waals surface area contributed by atoms with E-state index in [0.717, 1.165) is 52.2 Å². The van der Waals surface area contributed by atoms with Gasteiger partial charge in [0, 0.05) is 17.8 Å². The molecule has 0 aliphatic heterocycles. The number of hydrogen-bond acceptors (Lipinski definition) is 3. The molecule has 2 aromatic rings. The highest BCUT2D eigenvalue weighted by Crippen LogP contribution is 2.22. The molecule has 0 saturated heterocycles. The lowest BCUT2D eigenvalue weighted by Crippen LogP contribution is -2.17. The fraction of sp³-hybridized carbons (Fsp3) is 0.391. The van der Waals surface area contributed by atoms with Crippen LogP contribution in [0.3, 0.4) is 0 Å². The van der Waals surface area contributed by atoms with Crippen LogP contribution in [0.4, 0.5) is 11.4 Å². The Morgan fingerprint density at radius 2 is 1.43 bits per heavy atom. The SMILES string of the molecule is CCc1cccc(C)c1NC(=O)CSCCCC(=O)Nc1c(C)cccc1C. The van der Waals surface area contributed by atoms with Crippen LogP contribution in [-0.4, -0.2) is 23.3 Å². The number of amides is 2. The van der Waals surface area contributed by atoms with E-state index < -0.39 is 0 Å². The molecule has 4 nitrogen and oxygen atoms in total. The zero-order chi connectivity index (χ0) is 20.5. The molecule has 0 unspecified atom stereocenters. The van der Waals surface area contributed by atoms with Gasteiger partial charge in [-0.05, 0) is 61.6 Å². The van der Waals surface area contributed by atoms with Crippen LogP contribution in [0, 0.1) is 20.8 Å². The molecular weight excluding hydrogens is 368 g/mol. The van der Waals surface area contributed by atoms with Gasteiger partial charge in [-0.2, -0.15) is 11.8 Å². The van der Waals surface area contributed by atoms with Gasteiger partial charge in [-0.25, -0.2) is 0 Å². The van der Waals surface area contributed by atoms with Crippen molar-refractivity contribution in [3.63, 3.8) is 0 Å². The van der Waals surface area contributed by atoms with Crippen molar-refractivity contribution in [1.82, 2.24) is 0 Å². The standard InChI is InChI=1S/C23H30N2O2S/c1-5-19-12-7-11-18(4)23(19)25-21(27)15-28-14-8-13-20(26)24-22-16(2)9-6-10-17(22)3/h6-7,9-12H,5,8,13-15H2,1-4H3,(H,24,26)(H,25,27). The summed E-state index contributed by atoms with van der Waals surface area (Å²) in [5.74, 6) is 1.21. The first-order chi connectivity index (χ1) is 13.4. The minimum atomic E-state index is 0.00832. The Bertz CT molecular complexity index is 813. The number of para-hydroxylation sites is 2. The van der Waals surface area contributed by atoms with Crippen molar-refractivity contribution >= 4 is 35.0 Å². The summed E-state index contributed by atoms with van der Waals surface area (Å²) >= 11 is 1.56. The third kappa shape index (κ3) is 6.41. The van der Waals surface area contributed by atoms with Crippen molar-refractivity contribution in [3.05, 3.63) is 58.7 Å². The number of rotatable bonds is 9. The quantitative estimate of drug-likeness (QED) is 0.566. The molecular formula is C23H30N2O2S. The van der Waals surface area contributed by atoms with Crippen LogP contribution in [0.5, 0.6) is 0 Å². The molecule has 2 N–H and O–H groups in total. The molecule has 28 heavy (non-hydrogen) atoms. The number of anilines is 2. The molecule has 2 rings (SSSR count). The Hall–Kier alpha value is -2.27. The van der Waals surface area contributed by atoms with E-state index in [1.165, 1.54) is 0 Å². The molecule has 150 valence electrons. The highest BCUT2D eigenvalue weighted by Gasteiger charge is 2.10. The van der Waals surface area contributed by atoms with Gasteiger partial charge >= 0.3 is 0 Å². The lowest BCUT2D eigenvalue weighted by molar-refractivity contribution is -0.116. The number of carbonyl (C=O) groups is 2. The Labute approximate surface area is 172 Å². The molecule has 0 bridgehead atoms. The molecule has 0 radical (unpaired) electrons.